The Morgan fingerprint density at radius 3 is 1.32 bits per heavy atom. The van der Waals surface area contributed by atoms with Gasteiger partial charge in [-0.1, -0.05) is 96.1 Å². The molecule has 284 valence electrons. The SMILES string of the molecule is Cc1cc(C)c(-c2ccc3c(c2)c2ccccc2n3-c2cc(C)c(-c3cccc(C#N)c3)cc2-n2c3ccccc3c3cc(-c4c(C)cc(C)cc4C)ccc32)c(C)c1. The zero-order valence-corrected chi connectivity index (χ0v) is 34.7. The van der Waals surface area contributed by atoms with Crippen LogP contribution in [-0.2, 0) is 0 Å². The Morgan fingerprint density at radius 2 is 0.831 bits per heavy atom. The monoisotopic (exact) mass is 759 g/mol. The predicted molar refractivity (Wildman–Crippen MR) is 249 cm³/mol. The maximum atomic E-state index is 9.92. The summed E-state index contributed by atoms with van der Waals surface area (Å²) in [5, 5.41) is 14.8. The van der Waals surface area contributed by atoms with E-state index in [2.05, 4.69) is 191 Å². The van der Waals surface area contributed by atoms with Gasteiger partial charge in [0.25, 0.3) is 0 Å². The molecule has 2 aromatic heterocycles. The van der Waals surface area contributed by atoms with E-state index in [1.165, 1.54) is 77.2 Å². The molecule has 3 nitrogen and oxygen atoms in total. The molecule has 0 amide bonds. The van der Waals surface area contributed by atoms with Crippen molar-refractivity contribution in [1.82, 2.24) is 9.13 Å². The average Bonchev–Trinajstić information content (AvgIpc) is 3.72. The second kappa shape index (κ2) is 13.8. The molecule has 0 aliphatic carbocycles. The molecule has 0 unspecified atom stereocenters. The van der Waals surface area contributed by atoms with Gasteiger partial charge in [0, 0.05) is 21.5 Å². The summed E-state index contributed by atoms with van der Waals surface area (Å²) < 4.78 is 4.93. The zero-order chi connectivity index (χ0) is 40.7. The zero-order valence-electron chi connectivity index (χ0n) is 34.7. The summed E-state index contributed by atoms with van der Waals surface area (Å²) in [5.41, 5.74) is 23.5. The smallest absolute Gasteiger partial charge is 0.0991 e. The highest BCUT2D eigenvalue weighted by molar-refractivity contribution is 6.13. The number of hydrogen-bond acceptors (Lipinski definition) is 1. The van der Waals surface area contributed by atoms with Crippen LogP contribution in [0.15, 0.2) is 146 Å². The lowest BCUT2D eigenvalue weighted by atomic mass is 9.93. The molecule has 2 heterocycles. The van der Waals surface area contributed by atoms with Crippen LogP contribution in [0.3, 0.4) is 0 Å². The molecule has 0 aliphatic rings. The molecule has 0 N–H and O–H groups in total. The number of nitriles is 1. The number of rotatable bonds is 5. The Kier molecular flexibility index (Phi) is 8.44. The van der Waals surface area contributed by atoms with E-state index in [9.17, 15) is 5.26 Å². The molecule has 0 aliphatic heterocycles. The molecule has 8 aromatic carbocycles. The van der Waals surface area contributed by atoms with Gasteiger partial charge < -0.3 is 9.13 Å². The van der Waals surface area contributed by atoms with Gasteiger partial charge in [0.15, 0.2) is 0 Å². The van der Waals surface area contributed by atoms with Gasteiger partial charge >= 0.3 is 0 Å². The highest BCUT2D eigenvalue weighted by atomic mass is 15.1. The van der Waals surface area contributed by atoms with E-state index in [0.29, 0.717) is 5.56 Å². The second-order valence-corrected chi connectivity index (χ2v) is 16.6. The average molecular weight is 760 g/mol. The molecule has 0 atom stereocenters. The molecule has 59 heavy (non-hydrogen) atoms. The van der Waals surface area contributed by atoms with Crippen molar-refractivity contribution in [3.05, 3.63) is 190 Å². The highest BCUT2D eigenvalue weighted by Gasteiger charge is 2.23. The van der Waals surface area contributed by atoms with Crippen molar-refractivity contribution in [3.8, 4) is 50.8 Å². The van der Waals surface area contributed by atoms with E-state index in [0.717, 1.165) is 50.1 Å². The third kappa shape index (κ3) is 5.78. The quantitative estimate of drug-likeness (QED) is 0.172. The highest BCUT2D eigenvalue weighted by Crippen LogP contribution is 2.43. The number of aryl methyl sites for hydroxylation is 7. The minimum absolute atomic E-state index is 0.649. The van der Waals surface area contributed by atoms with Crippen molar-refractivity contribution >= 4 is 43.6 Å². The lowest BCUT2D eigenvalue weighted by Crippen LogP contribution is -2.05. The minimum Gasteiger partial charge on any atom is -0.307 e. The molecule has 0 radical (unpaired) electrons. The molecule has 10 aromatic rings. The van der Waals surface area contributed by atoms with E-state index >= 15 is 0 Å². The van der Waals surface area contributed by atoms with Gasteiger partial charge in [-0.3, -0.25) is 0 Å². The Morgan fingerprint density at radius 1 is 0.373 bits per heavy atom. The van der Waals surface area contributed by atoms with Gasteiger partial charge in [0.05, 0.1) is 45.1 Å². The summed E-state index contributed by atoms with van der Waals surface area (Å²) >= 11 is 0. The van der Waals surface area contributed by atoms with Crippen LogP contribution in [0.1, 0.15) is 44.5 Å². The third-order valence-corrected chi connectivity index (χ3v) is 12.4. The molecule has 0 spiro atoms. The van der Waals surface area contributed by atoms with Gasteiger partial charge in [-0.15, -0.1) is 0 Å². The first-order chi connectivity index (χ1) is 28.6. The van der Waals surface area contributed by atoms with Gasteiger partial charge in [-0.2, -0.15) is 5.26 Å². The van der Waals surface area contributed by atoms with E-state index < -0.39 is 0 Å². The first kappa shape index (κ1) is 36.2. The number of hydrogen-bond donors (Lipinski definition) is 0. The van der Waals surface area contributed by atoms with Crippen molar-refractivity contribution < 1.29 is 0 Å². The van der Waals surface area contributed by atoms with Crippen molar-refractivity contribution in [3.63, 3.8) is 0 Å². The molecule has 0 saturated heterocycles. The number of nitrogens with zero attached hydrogens (tertiary/aromatic N) is 3. The maximum absolute atomic E-state index is 9.92. The Balaban J connectivity index is 1.30. The van der Waals surface area contributed by atoms with E-state index in [1.54, 1.807) is 0 Å². The Hall–Kier alpha value is -7.15. The van der Waals surface area contributed by atoms with E-state index in [4.69, 9.17) is 0 Å². The summed E-state index contributed by atoms with van der Waals surface area (Å²) in [6, 6.07) is 55.8. The first-order valence-electron chi connectivity index (χ1n) is 20.5. The van der Waals surface area contributed by atoms with Crippen LogP contribution in [0.4, 0.5) is 0 Å². The van der Waals surface area contributed by atoms with E-state index in [-0.39, 0.29) is 0 Å². The largest absolute Gasteiger partial charge is 0.307 e. The van der Waals surface area contributed by atoms with Crippen molar-refractivity contribution in [1.29, 1.82) is 5.26 Å². The summed E-state index contributed by atoms with van der Waals surface area (Å²) in [6.07, 6.45) is 0. The lowest BCUT2D eigenvalue weighted by Gasteiger charge is -2.20. The van der Waals surface area contributed by atoms with Gasteiger partial charge in [-0.05, 0) is 170 Å². The molecule has 0 saturated carbocycles. The Labute approximate surface area is 346 Å². The first-order valence-corrected chi connectivity index (χ1v) is 20.5. The summed E-state index contributed by atoms with van der Waals surface area (Å²) in [4.78, 5) is 0. The number of fused-ring (bicyclic) bond motifs is 6. The number of benzene rings is 8. The fourth-order valence-corrected chi connectivity index (χ4v) is 10.2. The number of aromatic nitrogens is 2. The van der Waals surface area contributed by atoms with Crippen molar-refractivity contribution in [2.24, 2.45) is 0 Å². The summed E-state index contributed by atoms with van der Waals surface area (Å²) in [5.74, 6) is 0. The van der Waals surface area contributed by atoms with Crippen molar-refractivity contribution in [2.45, 2.75) is 48.5 Å². The van der Waals surface area contributed by atoms with Gasteiger partial charge in [-0.25, -0.2) is 0 Å². The molecular formula is C56H45N3. The van der Waals surface area contributed by atoms with Crippen LogP contribution in [0.5, 0.6) is 0 Å². The molecule has 0 fully saturated rings. The molecule has 0 bridgehead atoms. The normalized spacial score (nSPS) is 11.6. The van der Waals surface area contributed by atoms with Crippen LogP contribution in [-0.4, -0.2) is 9.13 Å². The minimum atomic E-state index is 0.649. The predicted octanol–water partition coefficient (Wildman–Crippen LogP) is 14.9. The second-order valence-electron chi connectivity index (χ2n) is 16.6. The maximum Gasteiger partial charge on any atom is 0.0991 e. The third-order valence-electron chi connectivity index (χ3n) is 12.4. The fraction of sp³-hybridized carbons (Fsp3) is 0.125. The van der Waals surface area contributed by atoms with Crippen molar-refractivity contribution in [2.75, 3.05) is 0 Å². The topological polar surface area (TPSA) is 33.6 Å². The van der Waals surface area contributed by atoms with Crippen LogP contribution >= 0.6 is 0 Å². The molecule has 10 rings (SSSR count). The summed E-state index contributed by atoms with van der Waals surface area (Å²) in [7, 11) is 0. The Bertz CT molecular complexity index is 3370. The van der Waals surface area contributed by atoms with Gasteiger partial charge in [0.2, 0.25) is 0 Å². The number of para-hydroxylation sites is 2. The van der Waals surface area contributed by atoms with Crippen LogP contribution < -0.4 is 0 Å². The van der Waals surface area contributed by atoms with E-state index in [1.807, 2.05) is 18.2 Å². The van der Waals surface area contributed by atoms with Crippen LogP contribution in [0.2, 0.25) is 0 Å². The summed E-state index contributed by atoms with van der Waals surface area (Å²) in [6.45, 7) is 15.4. The standard InChI is InChI=1S/C56H45N3/c1-33-23-36(4)55(37(5)24-33)42-19-21-51-47(29-42)44-15-8-10-17-49(44)58(51)53-27-35(3)46(41-14-12-13-40(28-41)32-57)31-54(53)59-50-18-11-9-16-45(50)48-30-43(20-22-52(48)59)56-38(6)25-34(2)26-39(56)7/h8-31H,1-7H3. The molecule has 3 heteroatoms. The van der Waals surface area contributed by atoms with Gasteiger partial charge in [0.1, 0.15) is 0 Å². The van der Waals surface area contributed by atoms with Crippen LogP contribution in [0, 0.1) is 59.8 Å². The van der Waals surface area contributed by atoms with Crippen LogP contribution in [0.25, 0.3) is 88.4 Å². The fourth-order valence-electron chi connectivity index (χ4n) is 10.2. The molecular weight excluding hydrogens is 715 g/mol. The lowest BCUT2D eigenvalue weighted by molar-refractivity contribution is 1.09.